The molecule has 44 heavy (non-hydrogen) atoms. The first-order chi connectivity index (χ1) is 21.1. The fourth-order valence-corrected chi connectivity index (χ4v) is 6.80. The van der Waals surface area contributed by atoms with Crippen molar-refractivity contribution in [3.05, 3.63) is 83.4 Å². The van der Waals surface area contributed by atoms with Crippen LogP contribution in [0.25, 0.3) is 0 Å². The summed E-state index contributed by atoms with van der Waals surface area (Å²) in [5.74, 6) is 0.362. The van der Waals surface area contributed by atoms with E-state index < -0.39 is 28.5 Å². The molecule has 1 saturated carbocycles. The first-order valence-electron chi connectivity index (χ1n) is 14.9. The second-order valence-corrected chi connectivity index (χ2v) is 13.1. The van der Waals surface area contributed by atoms with Crippen LogP contribution in [0.2, 0.25) is 5.02 Å². The Hall–Kier alpha value is -3.76. The number of methoxy groups -OCH3 is 1. The SMILES string of the molecule is CCOc1ccc(N(CC(=O)N(Cc2cccc(OC)c2)[C@@H](C)C(=O)NC2CCCCC2)S(=O)(=O)c2ccc(Cl)cc2)cc1. The van der Waals surface area contributed by atoms with Crippen molar-refractivity contribution in [1.29, 1.82) is 0 Å². The van der Waals surface area contributed by atoms with Crippen molar-refractivity contribution in [3.8, 4) is 11.5 Å². The number of benzene rings is 3. The molecule has 0 heterocycles. The predicted molar refractivity (Wildman–Crippen MR) is 172 cm³/mol. The molecule has 1 N–H and O–H groups in total. The molecule has 1 aliphatic rings. The van der Waals surface area contributed by atoms with Crippen LogP contribution in [0.1, 0.15) is 51.5 Å². The van der Waals surface area contributed by atoms with Crippen LogP contribution in [-0.2, 0) is 26.2 Å². The second-order valence-electron chi connectivity index (χ2n) is 10.8. The summed E-state index contributed by atoms with van der Waals surface area (Å²) in [6.45, 7) is 3.51. The Labute approximate surface area is 265 Å². The molecule has 3 aromatic carbocycles. The molecular weight excluding hydrogens is 602 g/mol. The van der Waals surface area contributed by atoms with E-state index in [1.165, 1.54) is 29.2 Å². The van der Waals surface area contributed by atoms with Crippen molar-refractivity contribution in [3.63, 3.8) is 0 Å². The summed E-state index contributed by atoms with van der Waals surface area (Å²) in [5, 5.41) is 3.50. The Balaban J connectivity index is 1.69. The number of halogens is 1. The molecule has 0 spiro atoms. The Morgan fingerprint density at radius 3 is 2.30 bits per heavy atom. The molecule has 1 aliphatic carbocycles. The van der Waals surface area contributed by atoms with Crippen LogP contribution in [0.15, 0.2) is 77.7 Å². The molecule has 0 saturated heterocycles. The van der Waals surface area contributed by atoms with E-state index in [9.17, 15) is 18.0 Å². The van der Waals surface area contributed by atoms with Crippen LogP contribution in [0.5, 0.6) is 11.5 Å². The molecule has 2 amide bonds. The third-order valence-corrected chi connectivity index (χ3v) is 9.76. The average Bonchev–Trinajstić information content (AvgIpc) is 3.03. The quantitative estimate of drug-likeness (QED) is 0.253. The fourth-order valence-electron chi connectivity index (χ4n) is 5.26. The Kier molecular flexibility index (Phi) is 11.5. The number of nitrogens with zero attached hydrogens (tertiary/aromatic N) is 2. The van der Waals surface area contributed by atoms with E-state index in [0.717, 1.165) is 42.0 Å². The summed E-state index contributed by atoms with van der Waals surface area (Å²) in [6, 6.07) is 18.7. The summed E-state index contributed by atoms with van der Waals surface area (Å²) >= 11 is 6.03. The van der Waals surface area contributed by atoms with Crippen molar-refractivity contribution in [1.82, 2.24) is 10.2 Å². The standard InChI is InChI=1S/C33H40ClN3O6S/c1-4-43-29-17-15-28(16-18-29)37(44(40,41)31-19-13-26(34)14-20-31)23-32(38)36(22-25-9-8-12-30(21-25)42-3)24(2)33(39)35-27-10-6-5-7-11-27/h8-9,12-21,24,27H,4-7,10-11,22-23H2,1-3H3,(H,35,39)/t24-/m0/s1. The minimum atomic E-state index is -4.21. The lowest BCUT2D eigenvalue weighted by Crippen LogP contribution is -2.53. The zero-order valence-electron chi connectivity index (χ0n) is 25.4. The van der Waals surface area contributed by atoms with Gasteiger partial charge >= 0.3 is 0 Å². The molecule has 9 nitrogen and oxygen atoms in total. The minimum Gasteiger partial charge on any atom is -0.497 e. The van der Waals surface area contributed by atoms with Gasteiger partial charge in [-0.25, -0.2) is 8.42 Å². The highest BCUT2D eigenvalue weighted by Crippen LogP contribution is 2.28. The van der Waals surface area contributed by atoms with Crippen LogP contribution >= 0.6 is 11.6 Å². The van der Waals surface area contributed by atoms with Gasteiger partial charge in [-0.1, -0.05) is 43.0 Å². The molecular formula is C33H40ClN3O6S. The Morgan fingerprint density at radius 2 is 1.66 bits per heavy atom. The number of anilines is 1. The highest BCUT2D eigenvalue weighted by Gasteiger charge is 2.33. The van der Waals surface area contributed by atoms with Gasteiger partial charge in [-0.15, -0.1) is 0 Å². The van der Waals surface area contributed by atoms with E-state index in [2.05, 4.69) is 5.32 Å². The third-order valence-electron chi connectivity index (χ3n) is 7.72. The molecule has 0 unspecified atom stereocenters. The van der Waals surface area contributed by atoms with Gasteiger partial charge in [-0.3, -0.25) is 13.9 Å². The van der Waals surface area contributed by atoms with Gasteiger partial charge < -0.3 is 19.7 Å². The lowest BCUT2D eigenvalue weighted by molar-refractivity contribution is -0.139. The first kappa shape index (κ1) is 33.1. The zero-order chi connectivity index (χ0) is 31.7. The number of amides is 2. The van der Waals surface area contributed by atoms with Gasteiger partial charge in [0.15, 0.2) is 0 Å². The van der Waals surface area contributed by atoms with E-state index in [0.29, 0.717) is 23.1 Å². The molecule has 1 atom stereocenters. The minimum absolute atomic E-state index is 0.0222. The zero-order valence-corrected chi connectivity index (χ0v) is 26.9. The van der Waals surface area contributed by atoms with Crippen LogP contribution in [0.3, 0.4) is 0 Å². The molecule has 0 aliphatic heterocycles. The van der Waals surface area contributed by atoms with Crippen molar-refractivity contribution >= 4 is 39.1 Å². The monoisotopic (exact) mass is 641 g/mol. The van der Waals surface area contributed by atoms with Gasteiger partial charge in [0.25, 0.3) is 10.0 Å². The normalized spacial score (nSPS) is 14.4. The number of nitrogens with one attached hydrogen (secondary N) is 1. The lowest BCUT2D eigenvalue weighted by atomic mass is 9.95. The van der Waals surface area contributed by atoms with Gasteiger partial charge in [-0.05, 0) is 92.9 Å². The highest BCUT2D eigenvalue weighted by molar-refractivity contribution is 7.92. The fraction of sp³-hybridized carbons (Fsp3) is 0.394. The summed E-state index contributed by atoms with van der Waals surface area (Å²) in [6.07, 6.45) is 5.03. The number of sulfonamides is 1. The van der Waals surface area contributed by atoms with Crippen molar-refractivity contribution in [2.24, 2.45) is 0 Å². The van der Waals surface area contributed by atoms with Crippen LogP contribution in [0, 0.1) is 0 Å². The number of hydrogen-bond acceptors (Lipinski definition) is 6. The number of ether oxygens (including phenoxy) is 2. The number of carbonyl (C=O) groups is 2. The molecule has 3 aromatic rings. The van der Waals surface area contributed by atoms with Gasteiger partial charge in [0.1, 0.15) is 24.1 Å². The maximum Gasteiger partial charge on any atom is 0.264 e. The smallest absolute Gasteiger partial charge is 0.264 e. The third kappa shape index (κ3) is 8.45. The van der Waals surface area contributed by atoms with Gasteiger partial charge in [0, 0.05) is 17.6 Å². The van der Waals surface area contributed by atoms with Crippen molar-refractivity contribution < 1.29 is 27.5 Å². The van der Waals surface area contributed by atoms with Gasteiger partial charge in [0.2, 0.25) is 11.8 Å². The molecule has 11 heteroatoms. The maximum absolute atomic E-state index is 14.2. The van der Waals surface area contributed by atoms with Crippen molar-refractivity contribution in [2.75, 3.05) is 24.6 Å². The van der Waals surface area contributed by atoms with E-state index >= 15 is 0 Å². The molecule has 0 bridgehead atoms. The Bertz CT molecular complexity index is 1510. The summed E-state index contributed by atoms with van der Waals surface area (Å²) < 4.78 is 40.0. The van der Waals surface area contributed by atoms with E-state index in [-0.39, 0.29) is 29.1 Å². The van der Waals surface area contributed by atoms with Gasteiger partial charge in [0.05, 0.1) is 24.3 Å². The number of rotatable bonds is 13. The number of hydrogen-bond donors (Lipinski definition) is 1. The Morgan fingerprint density at radius 1 is 0.977 bits per heavy atom. The van der Waals surface area contributed by atoms with E-state index in [1.54, 1.807) is 56.5 Å². The second kappa shape index (κ2) is 15.3. The van der Waals surface area contributed by atoms with Gasteiger partial charge in [-0.2, -0.15) is 0 Å². The van der Waals surface area contributed by atoms with Crippen LogP contribution in [0.4, 0.5) is 5.69 Å². The molecule has 0 aromatic heterocycles. The molecule has 4 rings (SSSR count). The van der Waals surface area contributed by atoms with E-state index in [1.807, 2.05) is 13.0 Å². The largest absolute Gasteiger partial charge is 0.497 e. The van der Waals surface area contributed by atoms with Crippen LogP contribution < -0.4 is 19.1 Å². The molecule has 236 valence electrons. The predicted octanol–water partition coefficient (Wildman–Crippen LogP) is 5.81. The lowest BCUT2D eigenvalue weighted by Gasteiger charge is -2.33. The first-order valence-corrected chi connectivity index (χ1v) is 16.7. The average molecular weight is 642 g/mol. The summed E-state index contributed by atoms with van der Waals surface area (Å²) in [7, 11) is -2.66. The molecule has 1 fully saturated rings. The molecule has 0 radical (unpaired) electrons. The summed E-state index contributed by atoms with van der Waals surface area (Å²) in [4.78, 5) is 29.1. The van der Waals surface area contributed by atoms with Crippen molar-refractivity contribution in [2.45, 2.75) is 69.5 Å². The topological polar surface area (TPSA) is 105 Å². The maximum atomic E-state index is 14.2. The number of carbonyl (C=O) groups excluding carboxylic acids is 2. The van der Waals surface area contributed by atoms with Crippen LogP contribution in [-0.4, -0.2) is 57.5 Å². The summed E-state index contributed by atoms with van der Waals surface area (Å²) in [5.41, 5.74) is 1.01. The highest BCUT2D eigenvalue weighted by atomic mass is 35.5. The van der Waals surface area contributed by atoms with E-state index in [4.69, 9.17) is 21.1 Å².